The molecule has 0 fully saturated rings. The third kappa shape index (κ3) is 1.67. The van der Waals surface area contributed by atoms with E-state index in [-0.39, 0.29) is 0 Å². The lowest BCUT2D eigenvalue weighted by atomic mass is 9.92. The minimum Gasteiger partial charge on any atom is -0.299 e. The summed E-state index contributed by atoms with van der Waals surface area (Å²) < 4.78 is 0. The Morgan fingerprint density at radius 1 is 1.67 bits per heavy atom. The van der Waals surface area contributed by atoms with E-state index in [1.165, 1.54) is 5.57 Å². The molecule has 0 aromatic heterocycles. The molecule has 1 heteroatoms. The number of allylic oxidation sites excluding steroid dienone is 2. The van der Waals surface area contributed by atoms with Gasteiger partial charge in [-0.3, -0.25) is 4.79 Å². The molecule has 0 N–H and O–H groups in total. The maximum Gasteiger partial charge on any atom is 0.137 e. The first-order valence-corrected chi connectivity index (χ1v) is 3.37. The van der Waals surface area contributed by atoms with Gasteiger partial charge in [-0.15, -0.1) is 0 Å². The van der Waals surface area contributed by atoms with Gasteiger partial charge in [0.25, 0.3) is 0 Å². The molecule has 0 amide bonds. The fourth-order valence-electron chi connectivity index (χ4n) is 1.35. The van der Waals surface area contributed by atoms with Gasteiger partial charge in [0, 0.05) is 12.8 Å². The van der Waals surface area contributed by atoms with Gasteiger partial charge in [-0.25, -0.2) is 0 Å². The summed E-state index contributed by atoms with van der Waals surface area (Å²) in [4.78, 5) is 10.8. The van der Waals surface area contributed by atoms with Crippen LogP contribution in [0.3, 0.4) is 0 Å². The predicted octanol–water partition coefficient (Wildman–Crippen LogP) is 1.93. The van der Waals surface area contributed by atoms with Crippen molar-refractivity contribution in [1.29, 1.82) is 0 Å². The van der Waals surface area contributed by atoms with Gasteiger partial charge in [0.15, 0.2) is 0 Å². The van der Waals surface area contributed by atoms with Crippen LogP contribution in [0.25, 0.3) is 0 Å². The topological polar surface area (TPSA) is 17.1 Å². The predicted molar refractivity (Wildman–Crippen MR) is 37.2 cm³/mol. The molecule has 0 saturated heterocycles. The molecule has 0 spiro atoms. The summed E-state index contributed by atoms with van der Waals surface area (Å²) in [6, 6.07) is 0. The molecular weight excluding hydrogens is 112 g/mol. The van der Waals surface area contributed by atoms with Gasteiger partial charge >= 0.3 is 0 Å². The third-order valence-electron chi connectivity index (χ3n) is 1.59. The van der Waals surface area contributed by atoms with Gasteiger partial charge in [-0.05, 0) is 12.8 Å². The highest BCUT2D eigenvalue weighted by molar-refractivity contribution is 5.82. The van der Waals surface area contributed by atoms with E-state index in [0.29, 0.717) is 18.1 Å². The van der Waals surface area contributed by atoms with Gasteiger partial charge < -0.3 is 0 Å². The van der Waals surface area contributed by atoms with Crippen molar-refractivity contribution in [3.05, 3.63) is 11.6 Å². The molecule has 1 aliphatic rings. The number of Topliss-reactive ketones (excluding diaryl/α,β-unsaturated/α-hetero) is 1. The van der Waals surface area contributed by atoms with Crippen molar-refractivity contribution in [2.24, 2.45) is 5.92 Å². The zero-order valence-electron chi connectivity index (χ0n) is 5.98. The van der Waals surface area contributed by atoms with Gasteiger partial charge in [-0.2, -0.15) is 0 Å². The third-order valence-corrected chi connectivity index (χ3v) is 1.59. The Kier molecular flexibility index (Phi) is 1.70. The Morgan fingerprint density at radius 3 is 2.78 bits per heavy atom. The van der Waals surface area contributed by atoms with Gasteiger partial charge in [-0.1, -0.05) is 18.6 Å². The first-order valence-electron chi connectivity index (χ1n) is 3.37. The second-order valence-corrected chi connectivity index (χ2v) is 2.91. The van der Waals surface area contributed by atoms with Crippen LogP contribution in [0, 0.1) is 5.92 Å². The Labute approximate surface area is 55.8 Å². The number of carbonyl (C=O) groups is 1. The molecule has 0 bridgehead atoms. The monoisotopic (exact) mass is 124 g/mol. The number of hydrogen-bond donors (Lipinski definition) is 0. The van der Waals surface area contributed by atoms with E-state index in [1.54, 1.807) is 0 Å². The number of carbonyl (C=O) groups excluding carboxylic acids is 1. The van der Waals surface area contributed by atoms with Crippen LogP contribution < -0.4 is 0 Å². The van der Waals surface area contributed by atoms with Crippen LogP contribution in [0.15, 0.2) is 11.6 Å². The lowest BCUT2D eigenvalue weighted by molar-refractivity contribution is -0.119. The fraction of sp³-hybridized carbons (Fsp3) is 0.625. The van der Waals surface area contributed by atoms with E-state index >= 15 is 0 Å². The standard InChI is InChI=1S/C8H12O/c1-6-3-7(2)5-8(9)4-6/h3,6H,4-5H2,1-2H3/t6-/m1/s1. The fourth-order valence-corrected chi connectivity index (χ4v) is 1.35. The van der Waals surface area contributed by atoms with Crippen LogP contribution in [0.1, 0.15) is 26.7 Å². The first-order chi connectivity index (χ1) is 4.18. The minimum absolute atomic E-state index is 0.391. The molecule has 9 heavy (non-hydrogen) atoms. The largest absolute Gasteiger partial charge is 0.299 e. The number of hydrogen-bond acceptors (Lipinski definition) is 1. The Balaban J connectivity index is 2.67. The second-order valence-electron chi connectivity index (χ2n) is 2.91. The van der Waals surface area contributed by atoms with Gasteiger partial charge in [0.1, 0.15) is 5.78 Å². The van der Waals surface area contributed by atoms with Crippen molar-refractivity contribution in [1.82, 2.24) is 0 Å². The summed E-state index contributed by atoms with van der Waals surface area (Å²) in [5.41, 5.74) is 1.23. The Hall–Kier alpha value is -0.590. The van der Waals surface area contributed by atoms with Crippen LogP contribution in [-0.2, 0) is 4.79 Å². The number of rotatable bonds is 0. The molecule has 0 radical (unpaired) electrons. The molecule has 0 saturated carbocycles. The van der Waals surface area contributed by atoms with Crippen LogP contribution in [0.2, 0.25) is 0 Å². The van der Waals surface area contributed by atoms with E-state index in [4.69, 9.17) is 0 Å². The van der Waals surface area contributed by atoms with Gasteiger partial charge in [0.05, 0.1) is 0 Å². The van der Waals surface area contributed by atoms with Gasteiger partial charge in [0.2, 0.25) is 0 Å². The lowest BCUT2D eigenvalue weighted by Crippen LogP contribution is -2.09. The molecule has 0 aromatic rings. The minimum atomic E-state index is 0.391. The maximum atomic E-state index is 10.8. The summed E-state index contributed by atoms with van der Waals surface area (Å²) in [6.45, 7) is 4.11. The normalized spacial score (nSPS) is 28.0. The number of ketones is 1. The lowest BCUT2D eigenvalue weighted by Gasteiger charge is -2.12. The van der Waals surface area contributed by atoms with Crippen molar-refractivity contribution >= 4 is 5.78 Å². The van der Waals surface area contributed by atoms with E-state index in [0.717, 1.165) is 6.42 Å². The second kappa shape index (κ2) is 2.34. The molecule has 0 aliphatic heterocycles. The smallest absolute Gasteiger partial charge is 0.137 e. The molecule has 50 valence electrons. The first kappa shape index (κ1) is 6.53. The van der Waals surface area contributed by atoms with Crippen LogP contribution in [0.5, 0.6) is 0 Å². The maximum absolute atomic E-state index is 10.8. The van der Waals surface area contributed by atoms with Crippen LogP contribution in [-0.4, -0.2) is 5.78 Å². The molecule has 0 heterocycles. The highest BCUT2D eigenvalue weighted by Gasteiger charge is 2.12. The summed E-state index contributed by atoms with van der Waals surface area (Å²) >= 11 is 0. The van der Waals surface area contributed by atoms with Crippen molar-refractivity contribution in [3.63, 3.8) is 0 Å². The van der Waals surface area contributed by atoms with Crippen molar-refractivity contribution < 1.29 is 4.79 Å². The summed E-state index contributed by atoms with van der Waals surface area (Å²) in [6.07, 6.45) is 3.61. The van der Waals surface area contributed by atoms with Crippen molar-refractivity contribution in [2.45, 2.75) is 26.7 Å². The molecule has 1 rings (SSSR count). The zero-order valence-corrected chi connectivity index (χ0v) is 5.98. The molecule has 1 nitrogen and oxygen atoms in total. The van der Waals surface area contributed by atoms with Crippen LogP contribution in [0.4, 0.5) is 0 Å². The quantitative estimate of drug-likeness (QED) is 0.451. The molecular formula is C8H12O. The summed E-state index contributed by atoms with van der Waals surface area (Å²) in [5, 5.41) is 0. The highest BCUT2D eigenvalue weighted by atomic mass is 16.1. The summed E-state index contributed by atoms with van der Waals surface area (Å²) in [5.74, 6) is 0.869. The Bertz CT molecular complexity index is 156. The Morgan fingerprint density at radius 2 is 2.33 bits per heavy atom. The molecule has 0 aromatic carbocycles. The van der Waals surface area contributed by atoms with Crippen LogP contribution >= 0.6 is 0 Å². The molecule has 0 unspecified atom stereocenters. The average Bonchev–Trinajstić information content (AvgIpc) is 1.59. The average molecular weight is 124 g/mol. The molecule has 1 atom stereocenters. The van der Waals surface area contributed by atoms with E-state index in [9.17, 15) is 4.79 Å². The highest BCUT2D eigenvalue weighted by Crippen LogP contribution is 2.18. The van der Waals surface area contributed by atoms with E-state index in [2.05, 4.69) is 13.0 Å². The van der Waals surface area contributed by atoms with E-state index in [1.807, 2.05) is 6.92 Å². The van der Waals surface area contributed by atoms with E-state index < -0.39 is 0 Å². The summed E-state index contributed by atoms with van der Waals surface area (Å²) in [7, 11) is 0. The molecule has 1 aliphatic carbocycles. The van der Waals surface area contributed by atoms with Crippen molar-refractivity contribution in [3.8, 4) is 0 Å². The SMILES string of the molecule is CC1=C[C@@H](C)CC(=O)C1. The van der Waals surface area contributed by atoms with Crippen molar-refractivity contribution in [2.75, 3.05) is 0 Å². The zero-order chi connectivity index (χ0) is 6.85.